The molecule has 0 unspecified atom stereocenters. The van der Waals surface area contributed by atoms with Crippen LogP contribution in [0, 0.1) is 0 Å². The summed E-state index contributed by atoms with van der Waals surface area (Å²) in [6.45, 7) is 4.09. The molecule has 0 saturated heterocycles. The topological polar surface area (TPSA) is 0 Å². The summed E-state index contributed by atoms with van der Waals surface area (Å²) in [6.07, 6.45) is 0. The standard InChI is InChI=1S/C2H7BP/c1-4(2)3/h4H,1-2H3/q+1. The second-order valence-electron chi connectivity index (χ2n) is 1.08. The summed E-state index contributed by atoms with van der Waals surface area (Å²) in [5.41, 5.74) is 0. The van der Waals surface area contributed by atoms with E-state index in [0.717, 1.165) is 0 Å². The van der Waals surface area contributed by atoms with Crippen LogP contribution in [0.25, 0.3) is 0 Å². The summed E-state index contributed by atoms with van der Waals surface area (Å²) >= 11 is 0. The zero-order chi connectivity index (χ0) is 3.58. The highest BCUT2D eigenvalue weighted by molar-refractivity contribution is 7.80. The third-order valence-electron chi connectivity index (χ3n) is 0. The normalized spacial score (nSPS) is 8.75. The van der Waals surface area contributed by atoms with Crippen molar-refractivity contribution in [3.05, 3.63) is 0 Å². The molecule has 0 aliphatic carbocycles. The summed E-state index contributed by atoms with van der Waals surface area (Å²) in [4.78, 5) is 0. The number of hydrogen-bond donors (Lipinski definition) is 0. The fraction of sp³-hybridized carbons (Fsp3) is 1.00. The van der Waals surface area contributed by atoms with E-state index in [-0.39, 0.29) is 7.80 Å². The Hall–Kier alpha value is 0.495. The maximum Gasteiger partial charge on any atom is 0.361 e. The van der Waals surface area contributed by atoms with Crippen LogP contribution >= 0.6 is 7.80 Å². The second kappa shape index (κ2) is 1.78. The van der Waals surface area contributed by atoms with E-state index in [1.165, 1.54) is 0 Å². The van der Waals surface area contributed by atoms with Crippen LogP contribution in [0.4, 0.5) is 0 Å². The van der Waals surface area contributed by atoms with E-state index >= 15 is 0 Å². The molecule has 4 heavy (non-hydrogen) atoms. The summed E-state index contributed by atoms with van der Waals surface area (Å²) in [7, 11) is 4.83. The Labute approximate surface area is 29.7 Å². The Morgan fingerprint density at radius 1 is 1.50 bits per heavy atom. The zero-order valence-electron chi connectivity index (χ0n) is 3.08. The van der Waals surface area contributed by atoms with Gasteiger partial charge in [-0.05, 0) is 0 Å². The molecule has 0 N–H and O–H groups in total. The van der Waals surface area contributed by atoms with Crippen molar-refractivity contribution >= 4 is 15.4 Å². The molecule has 0 rings (SSSR count). The Bertz CT molecular complexity index is 10.8. The van der Waals surface area contributed by atoms with E-state index < -0.39 is 0 Å². The fourth-order valence-corrected chi connectivity index (χ4v) is 0. The van der Waals surface area contributed by atoms with Gasteiger partial charge in [0.1, 0.15) is 0 Å². The molecule has 2 heteroatoms. The molecule has 0 nitrogen and oxygen atoms in total. The maximum atomic E-state index is 5.21. The minimum absolute atomic E-state index is 0.380. The Morgan fingerprint density at radius 3 is 1.50 bits per heavy atom. The van der Waals surface area contributed by atoms with E-state index in [0.29, 0.717) is 0 Å². The van der Waals surface area contributed by atoms with E-state index in [2.05, 4.69) is 0 Å². The Morgan fingerprint density at radius 2 is 1.50 bits per heavy atom. The van der Waals surface area contributed by atoms with Crippen molar-refractivity contribution < 1.29 is 0 Å². The van der Waals surface area contributed by atoms with Gasteiger partial charge in [0.25, 0.3) is 0 Å². The Balaban J connectivity index is 2.32. The van der Waals surface area contributed by atoms with Crippen molar-refractivity contribution in [3.63, 3.8) is 0 Å². The highest BCUT2D eigenvalue weighted by Crippen LogP contribution is 2.12. The molecule has 0 bridgehead atoms. The van der Waals surface area contributed by atoms with Gasteiger partial charge >= 0.3 is 7.57 Å². The molecule has 0 heterocycles. The molecule has 0 aliphatic heterocycles. The third kappa shape index (κ3) is 22.8. The lowest BCUT2D eigenvalue weighted by atomic mass is 10.8. The molecule has 22 valence electrons. The van der Waals surface area contributed by atoms with Crippen LogP contribution in [0.3, 0.4) is 0 Å². The molecular formula is C2H7BP+. The first-order chi connectivity index (χ1) is 1.73. The first-order valence-electron chi connectivity index (χ1n) is 1.29. The Kier molecular flexibility index (Phi) is 2.00. The van der Waals surface area contributed by atoms with E-state index in [9.17, 15) is 0 Å². The van der Waals surface area contributed by atoms with Gasteiger partial charge in [-0.15, -0.1) is 0 Å². The van der Waals surface area contributed by atoms with Crippen LogP contribution in [0.15, 0.2) is 0 Å². The molecule has 0 fully saturated rings. The van der Waals surface area contributed by atoms with Crippen LogP contribution in [0.2, 0.25) is 0 Å². The van der Waals surface area contributed by atoms with Crippen LogP contribution in [-0.2, 0) is 0 Å². The van der Waals surface area contributed by atoms with Crippen LogP contribution in [-0.4, -0.2) is 20.9 Å². The molecule has 2 radical (unpaired) electrons. The summed E-state index contributed by atoms with van der Waals surface area (Å²) in [6, 6.07) is 0. The minimum Gasteiger partial charge on any atom is -0.0593 e. The van der Waals surface area contributed by atoms with Gasteiger partial charge in [-0.3, -0.25) is 0 Å². The van der Waals surface area contributed by atoms with Crippen molar-refractivity contribution in [1.29, 1.82) is 0 Å². The van der Waals surface area contributed by atoms with E-state index in [4.69, 9.17) is 7.57 Å². The predicted octanol–water partition coefficient (Wildman–Crippen LogP) is 0.544. The van der Waals surface area contributed by atoms with Crippen LogP contribution in [0.5, 0.6) is 0 Å². The van der Waals surface area contributed by atoms with Gasteiger partial charge in [0.2, 0.25) is 0 Å². The zero-order valence-corrected chi connectivity index (χ0v) is 4.08. The summed E-state index contributed by atoms with van der Waals surface area (Å²) in [5.74, 6) is 0. The van der Waals surface area contributed by atoms with Gasteiger partial charge in [-0.1, -0.05) is 7.80 Å². The van der Waals surface area contributed by atoms with E-state index in [1.807, 2.05) is 13.3 Å². The van der Waals surface area contributed by atoms with Gasteiger partial charge < -0.3 is 0 Å². The monoisotopic (exact) mass is 73.0 g/mol. The van der Waals surface area contributed by atoms with Crippen molar-refractivity contribution in [1.82, 2.24) is 0 Å². The van der Waals surface area contributed by atoms with Crippen molar-refractivity contribution in [3.8, 4) is 0 Å². The number of hydrogen-bond acceptors (Lipinski definition) is 0. The average molecular weight is 72.9 g/mol. The lowest BCUT2D eigenvalue weighted by Crippen LogP contribution is -1.52. The van der Waals surface area contributed by atoms with Crippen molar-refractivity contribution in [2.24, 2.45) is 0 Å². The van der Waals surface area contributed by atoms with Crippen molar-refractivity contribution in [2.45, 2.75) is 0 Å². The van der Waals surface area contributed by atoms with E-state index in [1.54, 1.807) is 0 Å². The van der Waals surface area contributed by atoms with Gasteiger partial charge in [-0.2, -0.15) is 0 Å². The lowest BCUT2D eigenvalue weighted by Gasteiger charge is -1.70. The smallest absolute Gasteiger partial charge is 0.0593 e. The minimum atomic E-state index is -0.380. The first-order valence-corrected chi connectivity index (χ1v) is 3.87. The molecule has 0 saturated carbocycles. The molecule has 0 aromatic carbocycles. The maximum absolute atomic E-state index is 5.21. The van der Waals surface area contributed by atoms with Gasteiger partial charge in [0.15, 0.2) is 0 Å². The second-order valence-corrected chi connectivity index (χ2v) is 3.23. The quantitative estimate of drug-likeness (QED) is 0.290. The van der Waals surface area contributed by atoms with Gasteiger partial charge in [0.05, 0.1) is 0 Å². The van der Waals surface area contributed by atoms with Crippen LogP contribution < -0.4 is 0 Å². The largest absolute Gasteiger partial charge is 0.361 e. The van der Waals surface area contributed by atoms with Gasteiger partial charge in [-0.25, -0.2) is 0 Å². The molecule has 0 spiro atoms. The summed E-state index contributed by atoms with van der Waals surface area (Å²) < 4.78 is 0. The fourth-order valence-electron chi connectivity index (χ4n) is 0. The lowest BCUT2D eigenvalue weighted by molar-refractivity contribution is 2.29. The number of rotatable bonds is 0. The first kappa shape index (κ1) is 4.49. The molecule has 0 amide bonds. The van der Waals surface area contributed by atoms with Crippen LogP contribution in [0.1, 0.15) is 0 Å². The third-order valence-corrected chi connectivity index (χ3v) is 0. The average Bonchev–Trinajstić information content (AvgIpc) is 0.811. The molecule has 0 aromatic heterocycles. The molecule has 0 aliphatic rings. The molecular weight excluding hydrogens is 65.8 g/mol. The van der Waals surface area contributed by atoms with Gasteiger partial charge in [0, 0.05) is 13.3 Å². The molecule has 0 atom stereocenters. The highest BCUT2D eigenvalue weighted by Gasteiger charge is 1.79. The highest BCUT2D eigenvalue weighted by atomic mass is 31.1. The molecule has 0 aromatic rings. The predicted molar refractivity (Wildman–Crippen MR) is 25.9 cm³/mol. The summed E-state index contributed by atoms with van der Waals surface area (Å²) in [5, 5.41) is 0. The van der Waals surface area contributed by atoms with Crippen molar-refractivity contribution in [2.75, 3.05) is 13.3 Å². The SMILES string of the molecule is [B][PH+](C)C.